The number of aromatic hydroxyl groups is 1. The lowest BCUT2D eigenvalue weighted by Crippen LogP contribution is -1.97. The van der Waals surface area contributed by atoms with Crippen LogP contribution >= 0.6 is 0 Å². The largest absolute Gasteiger partial charge is 0.507 e. The Bertz CT molecular complexity index is 907. The zero-order valence-electron chi connectivity index (χ0n) is 12.7. The van der Waals surface area contributed by atoms with Gasteiger partial charge in [-0.25, -0.2) is 4.98 Å². The number of para-hydroxylation sites is 1. The fraction of sp³-hybridized carbons (Fsp3) is 0.111. The predicted octanol–water partition coefficient (Wildman–Crippen LogP) is 3.90. The highest BCUT2D eigenvalue weighted by Crippen LogP contribution is 2.36. The van der Waals surface area contributed by atoms with Crippen LogP contribution in [0, 0.1) is 18.3 Å². The minimum absolute atomic E-state index is 0.105. The Hall–Kier alpha value is -3.26. The Morgan fingerprint density at radius 3 is 2.57 bits per heavy atom. The first-order valence-electron chi connectivity index (χ1n) is 6.98. The van der Waals surface area contributed by atoms with Crippen LogP contribution in [0.2, 0.25) is 0 Å². The first-order chi connectivity index (χ1) is 11.1. The van der Waals surface area contributed by atoms with Crippen molar-refractivity contribution in [2.75, 3.05) is 7.11 Å². The third-order valence-corrected chi connectivity index (χ3v) is 3.48. The van der Waals surface area contributed by atoms with E-state index in [1.807, 2.05) is 13.0 Å². The Labute approximate surface area is 133 Å². The van der Waals surface area contributed by atoms with Crippen molar-refractivity contribution in [3.8, 4) is 40.3 Å². The van der Waals surface area contributed by atoms with Gasteiger partial charge < -0.3 is 14.3 Å². The summed E-state index contributed by atoms with van der Waals surface area (Å²) in [6, 6.07) is 14.3. The Balaban J connectivity index is 2.28. The van der Waals surface area contributed by atoms with E-state index in [2.05, 4.69) is 11.1 Å². The Morgan fingerprint density at radius 1 is 1.17 bits per heavy atom. The molecular formula is C18H14N2O3. The van der Waals surface area contributed by atoms with Gasteiger partial charge >= 0.3 is 0 Å². The molecule has 0 bridgehead atoms. The van der Waals surface area contributed by atoms with Crippen LogP contribution in [0.5, 0.6) is 11.6 Å². The van der Waals surface area contributed by atoms with Gasteiger partial charge in [0.2, 0.25) is 5.88 Å². The third-order valence-electron chi connectivity index (χ3n) is 3.48. The number of nitrogens with zero attached hydrogens (tertiary/aromatic N) is 2. The number of benzene rings is 1. The number of nitriles is 1. The molecule has 2 heterocycles. The molecule has 23 heavy (non-hydrogen) atoms. The van der Waals surface area contributed by atoms with E-state index in [-0.39, 0.29) is 11.6 Å². The van der Waals surface area contributed by atoms with Crippen molar-refractivity contribution >= 4 is 0 Å². The highest BCUT2D eigenvalue weighted by molar-refractivity contribution is 5.77. The van der Waals surface area contributed by atoms with Crippen LogP contribution in [0.3, 0.4) is 0 Å². The van der Waals surface area contributed by atoms with Gasteiger partial charge in [-0.1, -0.05) is 12.1 Å². The van der Waals surface area contributed by atoms with Crippen LogP contribution in [0.25, 0.3) is 22.6 Å². The maximum absolute atomic E-state index is 10.1. The van der Waals surface area contributed by atoms with E-state index in [0.717, 1.165) is 5.76 Å². The number of ether oxygens (including phenoxy) is 1. The van der Waals surface area contributed by atoms with Gasteiger partial charge in [0.25, 0.3) is 0 Å². The molecule has 1 aromatic carbocycles. The smallest absolute Gasteiger partial charge is 0.232 e. The van der Waals surface area contributed by atoms with E-state index in [4.69, 9.17) is 9.15 Å². The maximum atomic E-state index is 10.1. The molecule has 0 radical (unpaired) electrons. The second kappa shape index (κ2) is 5.85. The number of phenolic OH excluding ortho intramolecular Hbond substituents is 1. The van der Waals surface area contributed by atoms with Crippen molar-refractivity contribution in [2.24, 2.45) is 0 Å². The second-order valence-corrected chi connectivity index (χ2v) is 4.98. The van der Waals surface area contributed by atoms with Gasteiger partial charge in [-0.3, -0.25) is 0 Å². The highest BCUT2D eigenvalue weighted by Gasteiger charge is 2.19. The zero-order valence-corrected chi connectivity index (χ0v) is 12.7. The molecule has 0 atom stereocenters. The topological polar surface area (TPSA) is 79.3 Å². The quantitative estimate of drug-likeness (QED) is 0.793. The molecule has 3 rings (SSSR count). The van der Waals surface area contributed by atoms with Gasteiger partial charge in [-0.2, -0.15) is 5.26 Å². The molecule has 0 fully saturated rings. The third kappa shape index (κ3) is 2.62. The minimum atomic E-state index is 0.105. The van der Waals surface area contributed by atoms with E-state index < -0.39 is 0 Å². The van der Waals surface area contributed by atoms with E-state index in [9.17, 15) is 10.4 Å². The van der Waals surface area contributed by atoms with Crippen LogP contribution in [0.1, 0.15) is 11.3 Å². The number of furan rings is 1. The molecule has 5 heteroatoms. The number of rotatable bonds is 3. The summed E-state index contributed by atoms with van der Waals surface area (Å²) in [5, 5.41) is 19.5. The molecule has 2 aromatic heterocycles. The number of hydrogen-bond acceptors (Lipinski definition) is 5. The summed E-state index contributed by atoms with van der Waals surface area (Å²) in [4.78, 5) is 4.34. The number of aromatic nitrogens is 1. The minimum Gasteiger partial charge on any atom is -0.507 e. The van der Waals surface area contributed by atoms with Gasteiger partial charge in [0.15, 0.2) is 0 Å². The Kier molecular flexibility index (Phi) is 3.73. The summed E-state index contributed by atoms with van der Waals surface area (Å²) < 4.78 is 10.9. The molecular weight excluding hydrogens is 292 g/mol. The van der Waals surface area contributed by atoms with Gasteiger partial charge in [0.1, 0.15) is 28.9 Å². The summed E-state index contributed by atoms with van der Waals surface area (Å²) in [5.41, 5.74) is 1.93. The molecule has 0 saturated carbocycles. The van der Waals surface area contributed by atoms with Crippen LogP contribution in [0.4, 0.5) is 0 Å². The number of pyridine rings is 1. The van der Waals surface area contributed by atoms with Crippen LogP contribution in [-0.2, 0) is 0 Å². The van der Waals surface area contributed by atoms with Gasteiger partial charge in [0.05, 0.1) is 12.8 Å². The predicted molar refractivity (Wildman–Crippen MR) is 85.0 cm³/mol. The van der Waals surface area contributed by atoms with Gasteiger partial charge in [0, 0.05) is 11.1 Å². The maximum Gasteiger partial charge on any atom is 0.232 e. The second-order valence-electron chi connectivity index (χ2n) is 4.98. The normalized spacial score (nSPS) is 10.3. The SMILES string of the molecule is COc1nc(-c2ccccc2O)cc(-c2ccc(C)o2)c1C#N. The summed E-state index contributed by atoms with van der Waals surface area (Å²) in [7, 11) is 1.45. The zero-order chi connectivity index (χ0) is 16.4. The molecule has 0 saturated heterocycles. The van der Waals surface area contributed by atoms with Crippen molar-refractivity contribution < 1.29 is 14.3 Å². The summed E-state index contributed by atoms with van der Waals surface area (Å²) in [6.07, 6.45) is 0. The lowest BCUT2D eigenvalue weighted by atomic mass is 10.0. The fourth-order valence-corrected chi connectivity index (χ4v) is 2.38. The molecule has 0 spiro atoms. The molecule has 0 unspecified atom stereocenters. The van der Waals surface area contributed by atoms with Crippen molar-refractivity contribution in [1.82, 2.24) is 4.98 Å². The van der Waals surface area contributed by atoms with Crippen LogP contribution in [-0.4, -0.2) is 17.2 Å². The van der Waals surface area contributed by atoms with E-state index in [1.54, 1.807) is 36.4 Å². The molecule has 0 aliphatic rings. The lowest BCUT2D eigenvalue weighted by molar-refractivity contribution is 0.397. The fourth-order valence-electron chi connectivity index (χ4n) is 2.38. The first kappa shape index (κ1) is 14.7. The average molecular weight is 306 g/mol. The molecule has 5 nitrogen and oxygen atoms in total. The first-order valence-corrected chi connectivity index (χ1v) is 6.98. The van der Waals surface area contributed by atoms with Crippen molar-refractivity contribution in [1.29, 1.82) is 5.26 Å². The van der Waals surface area contributed by atoms with Crippen molar-refractivity contribution in [3.05, 3.63) is 53.8 Å². The number of phenols is 1. The number of aryl methyl sites for hydroxylation is 1. The summed E-state index contributed by atoms with van der Waals surface area (Å²) in [6.45, 7) is 1.83. The van der Waals surface area contributed by atoms with Crippen molar-refractivity contribution in [2.45, 2.75) is 6.92 Å². The van der Waals surface area contributed by atoms with Crippen LogP contribution < -0.4 is 4.74 Å². The molecule has 1 N–H and O–H groups in total. The molecule has 3 aromatic rings. The summed E-state index contributed by atoms with van der Waals surface area (Å²) in [5.74, 6) is 1.59. The monoisotopic (exact) mass is 306 g/mol. The van der Waals surface area contributed by atoms with Crippen LogP contribution in [0.15, 0.2) is 46.9 Å². The number of methoxy groups -OCH3 is 1. The highest BCUT2D eigenvalue weighted by atomic mass is 16.5. The Morgan fingerprint density at radius 2 is 1.96 bits per heavy atom. The molecule has 114 valence electrons. The number of hydrogen-bond donors (Lipinski definition) is 1. The summed E-state index contributed by atoms with van der Waals surface area (Å²) >= 11 is 0. The van der Waals surface area contributed by atoms with Gasteiger partial charge in [-0.15, -0.1) is 0 Å². The average Bonchev–Trinajstić information content (AvgIpc) is 3.00. The van der Waals surface area contributed by atoms with Crippen molar-refractivity contribution in [3.63, 3.8) is 0 Å². The molecule has 0 amide bonds. The van der Waals surface area contributed by atoms with E-state index >= 15 is 0 Å². The molecule has 0 aliphatic heterocycles. The van der Waals surface area contributed by atoms with Gasteiger partial charge in [-0.05, 0) is 37.3 Å². The van der Waals surface area contributed by atoms with E-state index in [0.29, 0.717) is 28.1 Å². The van der Waals surface area contributed by atoms with E-state index in [1.165, 1.54) is 7.11 Å². The lowest BCUT2D eigenvalue weighted by Gasteiger charge is -2.10. The molecule has 0 aliphatic carbocycles. The standard InChI is InChI=1S/C18H14N2O3/c1-11-7-8-17(23-11)13-9-15(12-5-3-4-6-16(12)21)20-18(22-2)14(13)10-19/h3-9,21H,1-2H3.